The molecule has 0 saturated heterocycles. The largest absolute Gasteiger partial charge is 0.354 e. The lowest BCUT2D eigenvalue weighted by atomic mass is 10.2. The van der Waals surface area contributed by atoms with Crippen LogP contribution in [0.3, 0.4) is 0 Å². The zero-order valence-corrected chi connectivity index (χ0v) is 15.7. The Hall–Kier alpha value is -3.46. The molecular formula is C19H19N5O3S. The molecular weight excluding hydrogens is 378 g/mol. The molecule has 8 nitrogen and oxygen atoms in total. The standard InChI is InChI=1S/C19H19N5O3S/c25-18(10-13-22-19-20-11-5-12-21-19)23-15-6-4-7-16(14-15)24-28(26,27)17-8-2-1-3-9-17/h1-9,11-12,14,24H,10,13H2,(H,23,25)(H,20,21,22). The van der Waals surface area contributed by atoms with Gasteiger partial charge in [0, 0.05) is 31.0 Å². The number of carbonyl (C=O) groups is 1. The molecule has 2 aromatic carbocycles. The van der Waals surface area contributed by atoms with Crippen LogP contribution in [-0.4, -0.2) is 30.8 Å². The molecule has 0 fully saturated rings. The molecule has 28 heavy (non-hydrogen) atoms. The van der Waals surface area contributed by atoms with E-state index < -0.39 is 10.0 Å². The summed E-state index contributed by atoms with van der Waals surface area (Å²) in [6.45, 7) is 0.371. The second-order valence-corrected chi connectivity index (χ2v) is 7.48. The number of hydrogen-bond acceptors (Lipinski definition) is 6. The van der Waals surface area contributed by atoms with Gasteiger partial charge in [0.1, 0.15) is 0 Å². The summed E-state index contributed by atoms with van der Waals surface area (Å²) in [5.74, 6) is 0.235. The average molecular weight is 397 g/mol. The zero-order chi connectivity index (χ0) is 19.8. The van der Waals surface area contributed by atoms with Crippen molar-refractivity contribution in [1.29, 1.82) is 0 Å². The van der Waals surface area contributed by atoms with Crippen molar-refractivity contribution >= 4 is 33.3 Å². The van der Waals surface area contributed by atoms with E-state index in [9.17, 15) is 13.2 Å². The molecule has 0 saturated carbocycles. The summed E-state index contributed by atoms with van der Waals surface area (Å²) in [5.41, 5.74) is 0.853. The number of amides is 1. The first-order chi connectivity index (χ1) is 13.5. The van der Waals surface area contributed by atoms with E-state index in [-0.39, 0.29) is 17.2 Å². The van der Waals surface area contributed by atoms with Crippen molar-refractivity contribution < 1.29 is 13.2 Å². The first kappa shape index (κ1) is 19.3. The molecule has 0 aliphatic carbocycles. The van der Waals surface area contributed by atoms with Gasteiger partial charge < -0.3 is 10.6 Å². The topological polar surface area (TPSA) is 113 Å². The molecule has 1 amide bonds. The van der Waals surface area contributed by atoms with E-state index in [1.54, 1.807) is 60.9 Å². The summed E-state index contributed by atoms with van der Waals surface area (Å²) in [4.78, 5) is 20.3. The lowest BCUT2D eigenvalue weighted by molar-refractivity contribution is -0.115. The fraction of sp³-hybridized carbons (Fsp3) is 0.105. The molecule has 1 aromatic heterocycles. The lowest BCUT2D eigenvalue weighted by Crippen LogP contribution is -2.17. The SMILES string of the molecule is O=C(CCNc1ncccn1)Nc1cccc(NS(=O)(=O)c2ccccc2)c1. The lowest BCUT2D eigenvalue weighted by Gasteiger charge is -2.10. The van der Waals surface area contributed by atoms with Crippen molar-refractivity contribution in [2.75, 3.05) is 21.9 Å². The van der Waals surface area contributed by atoms with Gasteiger partial charge in [-0.3, -0.25) is 9.52 Å². The van der Waals surface area contributed by atoms with Gasteiger partial charge in [0.05, 0.1) is 10.6 Å². The number of hydrogen-bond donors (Lipinski definition) is 3. The van der Waals surface area contributed by atoms with E-state index in [4.69, 9.17) is 0 Å². The van der Waals surface area contributed by atoms with E-state index in [0.717, 1.165) is 0 Å². The summed E-state index contributed by atoms with van der Waals surface area (Å²) >= 11 is 0. The Balaban J connectivity index is 1.56. The zero-order valence-electron chi connectivity index (χ0n) is 14.9. The number of benzene rings is 2. The number of carbonyl (C=O) groups excluding carboxylic acids is 1. The Morgan fingerprint density at radius 2 is 1.61 bits per heavy atom. The molecule has 0 atom stereocenters. The Morgan fingerprint density at radius 3 is 2.36 bits per heavy atom. The monoisotopic (exact) mass is 397 g/mol. The maximum Gasteiger partial charge on any atom is 0.261 e. The van der Waals surface area contributed by atoms with Crippen LogP contribution in [0.25, 0.3) is 0 Å². The average Bonchev–Trinajstić information content (AvgIpc) is 2.69. The maximum atomic E-state index is 12.4. The van der Waals surface area contributed by atoms with Crippen LogP contribution in [-0.2, 0) is 14.8 Å². The van der Waals surface area contributed by atoms with Gasteiger partial charge in [-0.25, -0.2) is 18.4 Å². The van der Waals surface area contributed by atoms with Crippen LogP contribution >= 0.6 is 0 Å². The molecule has 3 N–H and O–H groups in total. The number of anilines is 3. The number of sulfonamides is 1. The smallest absolute Gasteiger partial charge is 0.261 e. The second kappa shape index (κ2) is 8.96. The molecule has 9 heteroatoms. The molecule has 0 spiro atoms. The third-order valence-electron chi connectivity index (χ3n) is 3.65. The molecule has 1 heterocycles. The van der Waals surface area contributed by atoms with Crippen molar-refractivity contribution in [3.63, 3.8) is 0 Å². The number of aromatic nitrogens is 2. The van der Waals surface area contributed by atoms with Crippen molar-refractivity contribution in [2.45, 2.75) is 11.3 Å². The van der Waals surface area contributed by atoms with Gasteiger partial charge in [-0.15, -0.1) is 0 Å². The van der Waals surface area contributed by atoms with Crippen molar-refractivity contribution in [2.24, 2.45) is 0 Å². The van der Waals surface area contributed by atoms with Gasteiger partial charge in [-0.2, -0.15) is 0 Å². The fourth-order valence-corrected chi connectivity index (χ4v) is 3.45. The second-order valence-electron chi connectivity index (χ2n) is 5.80. The molecule has 0 aliphatic heterocycles. The number of rotatable bonds is 8. The van der Waals surface area contributed by atoms with Crippen molar-refractivity contribution in [1.82, 2.24) is 9.97 Å². The Bertz CT molecular complexity index is 1030. The highest BCUT2D eigenvalue weighted by atomic mass is 32.2. The van der Waals surface area contributed by atoms with Crippen LogP contribution in [0.4, 0.5) is 17.3 Å². The predicted molar refractivity (Wildman–Crippen MR) is 107 cm³/mol. The minimum atomic E-state index is -3.69. The third kappa shape index (κ3) is 5.52. The molecule has 0 radical (unpaired) electrons. The minimum absolute atomic E-state index is 0.165. The summed E-state index contributed by atoms with van der Waals surface area (Å²) < 4.78 is 27.3. The summed E-state index contributed by atoms with van der Waals surface area (Å²) in [5, 5.41) is 5.69. The fourth-order valence-electron chi connectivity index (χ4n) is 2.38. The molecule has 144 valence electrons. The number of nitrogens with zero attached hydrogens (tertiary/aromatic N) is 2. The first-order valence-electron chi connectivity index (χ1n) is 8.52. The van der Waals surface area contributed by atoms with Gasteiger partial charge in [-0.1, -0.05) is 24.3 Å². The molecule has 0 aliphatic rings. The van der Waals surface area contributed by atoms with Crippen LogP contribution in [0.5, 0.6) is 0 Å². The predicted octanol–water partition coefficient (Wildman–Crippen LogP) is 2.72. The first-order valence-corrected chi connectivity index (χ1v) is 10.00. The third-order valence-corrected chi connectivity index (χ3v) is 5.05. The Kier molecular flexibility index (Phi) is 6.18. The van der Waals surface area contributed by atoms with E-state index >= 15 is 0 Å². The van der Waals surface area contributed by atoms with Gasteiger partial charge >= 0.3 is 0 Å². The molecule has 3 aromatic rings. The summed E-state index contributed by atoms with van der Waals surface area (Å²) in [6, 6.07) is 16.3. The van der Waals surface area contributed by atoms with Crippen molar-refractivity contribution in [3.05, 3.63) is 73.1 Å². The van der Waals surface area contributed by atoms with E-state index in [0.29, 0.717) is 23.9 Å². The van der Waals surface area contributed by atoms with E-state index in [1.807, 2.05) is 0 Å². The Morgan fingerprint density at radius 1 is 0.893 bits per heavy atom. The minimum Gasteiger partial charge on any atom is -0.354 e. The van der Waals surface area contributed by atoms with Gasteiger partial charge in [-0.05, 0) is 36.4 Å². The normalized spacial score (nSPS) is 10.9. The van der Waals surface area contributed by atoms with Gasteiger partial charge in [0.2, 0.25) is 11.9 Å². The van der Waals surface area contributed by atoms with Gasteiger partial charge in [0.25, 0.3) is 10.0 Å². The quantitative estimate of drug-likeness (QED) is 0.539. The molecule has 0 bridgehead atoms. The highest BCUT2D eigenvalue weighted by Gasteiger charge is 2.13. The number of nitrogens with one attached hydrogen (secondary N) is 3. The van der Waals surface area contributed by atoms with E-state index in [1.165, 1.54) is 12.1 Å². The van der Waals surface area contributed by atoms with Crippen LogP contribution in [0.1, 0.15) is 6.42 Å². The molecule has 3 rings (SSSR count). The van der Waals surface area contributed by atoms with Crippen LogP contribution < -0.4 is 15.4 Å². The van der Waals surface area contributed by atoms with Gasteiger partial charge in [0.15, 0.2) is 0 Å². The van der Waals surface area contributed by atoms with Crippen LogP contribution in [0.15, 0.2) is 78.0 Å². The summed E-state index contributed by atoms with van der Waals surface area (Å²) in [7, 11) is -3.69. The Labute approximate surface area is 163 Å². The summed E-state index contributed by atoms with van der Waals surface area (Å²) in [6.07, 6.45) is 3.42. The van der Waals surface area contributed by atoms with E-state index in [2.05, 4.69) is 25.3 Å². The van der Waals surface area contributed by atoms with Crippen LogP contribution in [0, 0.1) is 0 Å². The molecule has 0 unspecified atom stereocenters. The van der Waals surface area contributed by atoms with Crippen LogP contribution in [0.2, 0.25) is 0 Å². The highest BCUT2D eigenvalue weighted by Crippen LogP contribution is 2.19. The maximum absolute atomic E-state index is 12.4. The highest BCUT2D eigenvalue weighted by molar-refractivity contribution is 7.92. The van der Waals surface area contributed by atoms with Crippen molar-refractivity contribution in [3.8, 4) is 0 Å².